The molecule has 0 saturated carbocycles. The van der Waals surface area contributed by atoms with Gasteiger partial charge in [0.25, 0.3) is 0 Å². The molecule has 1 N–H and O–H groups in total. The minimum absolute atomic E-state index is 0.187. The maximum Gasteiger partial charge on any atom is 0.157 e. The van der Waals surface area contributed by atoms with E-state index in [2.05, 4.69) is 0 Å². The Morgan fingerprint density at radius 3 is 2.75 bits per heavy atom. The molecular formula is C8H16O4. The van der Waals surface area contributed by atoms with Crippen molar-refractivity contribution < 1.29 is 19.3 Å². The lowest BCUT2D eigenvalue weighted by Gasteiger charge is -2.32. The third-order valence-electron chi connectivity index (χ3n) is 2.05. The third-order valence-corrected chi connectivity index (χ3v) is 2.05. The Morgan fingerprint density at radius 1 is 1.42 bits per heavy atom. The van der Waals surface area contributed by atoms with Gasteiger partial charge >= 0.3 is 0 Å². The van der Waals surface area contributed by atoms with Gasteiger partial charge < -0.3 is 19.3 Å². The largest absolute Gasteiger partial charge is 0.390 e. The van der Waals surface area contributed by atoms with Crippen molar-refractivity contribution in [1.82, 2.24) is 0 Å². The minimum Gasteiger partial charge on any atom is -0.390 e. The first-order valence-electron chi connectivity index (χ1n) is 4.13. The van der Waals surface area contributed by atoms with E-state index in [0.717, 1.165) is 6.42 Å². The van der Waals surface area contributed by atoms with Gasteiger partial charge in [-0.05, 0) is 6.42 Å². The van der Waals surface area contributed by atoms with Crippen LogP contribution in [0.15, 0.2) is 0 Å². The number of ether oxygens (including phenoxy) is 3. The van der Waals surface area contributed by atoms with E-state index >= 15 is 0 Å². The summed E-state index contributed by atoms with van der Waals surface area (Å²) in [5, 5.41) is 9.45. The molecule has 1 heterocycles. The Bertz CT molecular complexity index is 128. The predicted octanol–water partition coefficient (Wildman–Crippen LogP) is 0.145. The minimum atomic E-state index is -0.420. The molecule has 0 radical (unpaired) electrons. The average Bonchev–Trinajstić information content (AvgIpc) is 2.09. The van der Waals surface area contributed by atoms with Crippen LogP contribution in [0.5, 0.6) is 0 Å². The van der Waals surface area contributed by atoms with Crippen molar-refractivity contribution in [3.05, 3.63) is 0 Å². The van der Waals surface area contributed by atoms with E-state index in [1.807, 2.05) is 0 Å². The highest BCUT2D eigenvalue weighted by Crippen LogP contribution is 2.19. The van der Waals surface area contributed by atoms with Crippen molar-refractivity contribution in [3.63, 3.8) is 0 Å². The molecule has 1 rings (SSSR count). The summed E-state index contributed by atoms with van der Waals surface area (Å²) in [5.41, 5.74) is 0. The average molecular weight is 176 g/mol. The van der Waals surface area contributed by atoms with Crippen LogP contribution < -0.4 is 0 Å². The highest BCUT2D eigenvalue weighted by atomic mass is 16.7. The van der Waals surface area contributed by atoms with Gasteiger partial charge in [-0.1, -0.05) is 0 Å². The maximum atomic E-state index is 9.45. The smallest absolute Gasteiger partial charge is 0.157 e. The predicted molar refractivity (Wildman–Crippen MR) is 42.8 cm³/mol. The van der Waals surface area contributed by atoms with E-state index in [0.29, 0.717) is 13.0 Å². The first-order chi connectivity index (χ1) is 5.77. The molecular weight excluding hydrogens is 160 g/mol. The Morgan fingerprint density at radius 2 is 2.17 bits per heavy atom. The second kappa shape index (κ2) is 4.77. The van der Waals surface area contributed by atoms with E-state index in [9.17, 15) is 5.11 Å². The lowest BCUT2D eigenvalue weighted by Crippen LogP contribution is -2.42. The van der Waals surface area contributed by atoms with E-state index in [-0.39, 0.29) is 12.4 Å². The van der Waals surface area contributed by atoms with Crippen LogP contribution in [0.3, 0.4) is 0 Å². The molecule has 0 unspecified atom stereocenters. The first-order valence-corrected chi connectivity index (χ1v) is 4.13. The van der Waals surface area contributed by atoms with Gasteiger partial charge in [-0.15, -0.1) is 0 Å². The molecule has 4 nitrogen and oxygen atoms in total. The zero-order chi connectivity index (χ0) is 8.97. The molecule has 0 aliphatic carbocycles. The monoisotopic (exact) mass is 176 g/mol. The molecule has 72 valence electrons. The molecule has 0 spiro atoms. The van der Waals surface area contributed by atoms with Gasteiger partial charge in [0, 0.05) is 20.6 Å². The first kappa shape index (κ1) is 9.92. The number of aliphatic hydroxyl groups is 1. The SMILES string of the molecule is COC[C@H]1O[C@@H](OC)CC[C@H]1O. The van der Waals surface area contributed by atoms with Crippen molar-refractivity contribution >= 4 is 0 Å². The molecule has 1 saturated heterocycles. The van der Waals surface area contributed by atoms with Gasteiger partial charge in [-0.25, -0.2) is 0 Å². The summed E-state index contributed by atoms with van der Waals surface area (Å²) >= 11 is 0. The van der Waals surface area contributed by atoms with Crippen molar-refractivity contribution in [3.8, 4) is 0 Å². The lowest BCUT2D eigenvalue weighted by molar-refractivity contribution is -0.221. The van der Waals surface area contributed by atoms with Gasteiger partial charge in [0.2, 0.25) is 0 Å². The maximum absolute atomic E-state index is 9.45. The lowest BCUT2D eigenvalue weighted by atomic mass is 10.1. The zero-order valence-electron chi connectivity index (χ0n) is 7.53. The molecule has 1 fully saturated rings. The van der Waals surface area contributed by atoms with Gasteiger partial charge in [-0.3, -0.25) is 0 Å². The highest BCUT2D eigenvalue weighted by Gasteiger charge is 2.29. The van der Waals surface area contributed by atoms with Crippen LogP contribution in [0.4, 0.5) is 0 Å². The molecule has 1 aliphatic heterocycles. The Labute approximate surface area is 72.4 Å². The third kappa shape index (κ3) is 2.42. The van der Waals surface area contributed by atoms with E-state index in [4.69, 9.17) is 14.2 Å². The van der Waals surface area contributed by atoms with Crippen molar-refractivity contribution in [2.75, 3.05) is 20.8 Å². The number of hydrogen-bond donors (Lipinski definition) is 1. The second-order valence-corrected chi connectivity index (χ2v) is 2.94. The molecule has 0 aromatic rings. The van der Waals surface area contributed by atoms with Gasteiger partial charge in [0.1, 0.15) is 6.10 Å². The van der Waals surface area contributed by atoms with Crippen LogP contribution in [0, 0.1) is 0 Å². The van der Waals surface area contributed by atoms with Gasteiger partial charge in [0.05, 0.1) is 12.7 Å². The molecule has 3 atom stereocenters. The fourth-order valence-electron chi connectivity index (χ4n) is 1.33. The molecule has 4 heteroatoms. The summed E-state index contributed by atoms with van der Waals surface area (Å²) in [6.07, 6.45) is 0.614. The standard InChI is InChI=1S/C8H16O4/c1-10-5-7-6(9)3-4-8(11-2)12-7/h6-9H,3-5H2,1-2H3/t6-,7-,8-/m1/s1. The van der Waals surface area contributed by atoms with Crippen molar-refractivity contribution in [2.45, 2.75) is 31.3 Å². The Balaban J connectivity index is 2.36. The summed E-state index contributed by atoms with van der Waals surface area (Å²) in [6, 6.07) is 0. The second-order valence-electron chi connectivity index (χ2n) is 2.94. The van der Waals surface area contributed by atoms with Crippen LogP contribution in [0.2, 0.25) is 0 Å². The molecule has 0 amide bonds. The number of methoxy groups -OCH3 is 2. The number of rotatable bonds is 3. The van der Waals surface area contributed by atoms with Crippen LogP contribution in [0.25, 0.3) is 0 Å². The summed E-state index contributed by atoms with van der Waals surface area (Å²) < 4.78 is 15.3. The number of aliphatic hydroxyl groups excluding tert-OH is 1. The van der Waals surface area contributed by atoms with E-state index < -0.39 is 6.10 Å². The molecule has 0 bridgehead atoms. The summed E-state index contributed by atoms with van der Waals surface area (Å²) in [7, 11) is 3.19. The van der Waals surface area contributed by atoms with Crippen LogP contribution in [-0.4, -0.2) is 44.4 Å². The van der Waals surface area contributed by atoms with Crippen LogP contribution in [-0.2, 0) is 14.2 Å². The van der Waals surface area contributed by atoms with E-state index in [1.54, 1.807) is 14.2 Å². The number of hydrogen-bond acceptors (Lipinski definition) is 4. The molecule has 12 heavy (non-hydrogen) atoms. The Hall–Kier alpha value is -0.160. The topological polar surface area (TPSA) is 47.9 Å². The highest BCUT2D eigenvalue weighted by molar-refractivity contribution is 4.74. The summed E-state index contributed by atoms with van der Waals surface area (Å²) in [4.78, 5) is 0. The van der Waals surface area contributed by atoms with Gasteiger partial charge in [-0.2, -0.15) is 0 Å². The van der Waals surface area contributed by atoms with Crippen molar-refractivity contribution in [2.24, 2.45) is 0 Å². The van der Waals surface area contributed by atoms with Gasteiger partial charge in [0.15, 0.2) is 6.29 Å². The molecule has 0 aromatic heterocycles. The molecule has 1 aliphatic rings. The van der Waals surface area contributed by atoms with Crippen molar-refractivity contribution in [1.29, 1.82) is 0 Å². The van der Waals surface area contributed by atoms with Crippen LogP contribution in [0.1, 0.15) is 12.8 Å². The Kier molecular flexibility index (Phi) is 3.94. The van der Waals surface area contributed by atoms with Crippen LogP contribution >= 0.6 is 0 Å². The summed E-state index contributed by atoms with van der Waals surface area (Å²) in [6.45, 7) is 0.418. The normalized spacial score (nSPS) is 36.8. The quantitative estimate of drug-likeness (QED) is 0.664. The fraction of sp³-hybridized carbons (Fsp3) is 1.00. The fourth-order valence-corrected chi connectivity index (χ4v) is 1.33. The summed E-state index contributed by atoms with van der Waals surface area (Å²) in [5.74, 6) is 0. The van der Waals surface area contributed by atoms with E-state index in [1.165, 1.54) is 0 Å². The molecule has 0 aromatic carbocycles. The zero-order valence-corrected chi connectivity index (χ0v) is 7.53.